The molecule has 0 amide bonds. The highest BCUT2D eigenvalue weighted by Gasteiger charge is 2.34. The van der Waals surface area contributed by atoms with Gasteiger partial charge in [-0.15, -0.1) is 0 Å². The molecule has 0 bridgehead atoms. The molecule has 0 saturated carbocycles. The van der Waals surface area contributed by atoms with Gasteiger partial charge in [0.25, 0.3) is 5.91 Å². The average molecular weight is 220 g/mol. The van der Waals surface area contributed by atoms with Crippen molar-refractivity contribution in [1.29, 1.82) is 0 Å². The predicted octanol–water partition coefficient (Wildman–Crippen LogP) is 1.19. The fourth-order valence-corrected chi connectivity index (χ4v) is 1.93. The summed E-state index contributed by atoms with van der Waals surface area (Å²) in [5, 5.41) is 12.9. The molecule has 0 saturated heterocycles. The molecular weight excluding hydrogens is 208 g/mol. The number of rotatable bonds is 2. The van der Waals surface area contributed by atoms with Crippen LogP contribution in [0.15, 0.2) is 30.6 Å². The zero-order chi connectivity index (χ0) is 11.5. The van der Waals surface area contributed by atoms with E-state index >= 15 is 0 Å². The third-order valence-electron chi connectivity index (χ3n) is 2.80. The van der Waals surface area contributed by atoms with Crippen LogP contribution in [0.1, 0.15) is 17.6 Å². The van der Waals surface area contributed by atoms with Crippen LogP contribution in [0.5, 0.6) is 0 Å². The summed E-state index contributed by atoms with van der Waals surface area (Å²) >= 11 is 0. The molecule has 2 rings (SSSR count). The van der Waals surface area contributed by atoms with Crippen molar-refractivity contribution in [2.45, 2.75) is 12.8 Å². The number of carbonyl (C=O) groups is 2. The molecule has 16 heavy (non-hydrogen) atoms. The molecule has 0 radical (unpaired) electrons. The molecule has 1 aromatic heterocycles. The molecule has 5 nitrogen and oxygen atoms in total. The van der Waals surface area contributed by atoms with Gasteiger partial charge in [-0.2, -0.15) is 5.10 Å². The molecule has 0 spiro atoms. The van der Waals surface area contributed by atoms with Crippen LogP contribution in [0.4, 0.5) is 0 Å². The van der Waals surface area contributed by atoms with Gasteiger partial charge in [-0.05, 0) is 18.9 Å². The van der Waals surface area contributed by atoms with Crippen molar-refractivity contribution in [3.05, 3.63) is 30.6 Å². The lowest BCUT2D eigenvalue weighted by Crippen LogP contribution is -2.34. The van der Waals surface area contributed by atoms with E-state index in [-0.39, 0.29) is 5.91 Å². The second kappa shape index (κ2) is 4.30. The van der Waals surface area contributed by atoms with Crippen molar-refractivity contribution in [1.82, 2.24) is 9.78 Å². The van der Waals surface area contributed by atoms with Gasteiger partial charge in [0.15, 0.2) is 0 Å². The van der Waals surface area contributed by atoms with Crippen molar-refractivity contribution in [2.24, 2.45) is 11.8 Å². The van der Waals surface area contributed by atoms with Crippen LogP contribution in [-0.4, -0.2) is 26.8 Å². The first-order valence-electron chi connectivity index (χ1n) is 5.12. The van der Waals surface area contributed by atoms with Gasteiger partial charge in [-0.3, -0.25) is 9.59 Å². The summed E-state index contributed by atoms with van der Waals surface area (Å²) in [5.74, 6) is -2.32. The predicted molar refractivity (Wildman–Crippen MR) is 55.8 cm³/mol. The molecule has 84 valence electrons. The molecule has 1 N–H and O–H groups in total. The van der Waals surface area contributed by atoms with Crippen LogP contribution in [0, 0.1) is 11.8 Å². The van der Waals surface area contributed by atoms with Crippen LogP contribution in [0.25, 0.3) is 0 Å². The summed E-state index contributed by atoms with van der Waals surface area (Å²) in [4.78, 5) is 23.0. The van der Waals surface area contributed by atoms with Crippen molar-refractivity contribution >= 4 is 11.9 Å². The SMILES string of the molecule is O=C(O)[C@@H]1CC=CC[C@H]1C(=O)n1cccn1. The molecular formula is C11H12N2O3. The highest BCUT2D eigenvalue weighted by Crippen LogP contribution is 2.27. The number of hydrogen-bond acceptors (Lipinski definition) is 3. The molecule has 1 aromatic rings. The number of aromatic nitrogens is 2. The van der Waals surface area contributed by atoms with Crippen LogP contribution in [0.2, 0.25) is 0 Å². The van der Waals surface area contributed by atoms with Crippen molar-refractivity contribution in [2.75, 3.05) is 0 Å². The molecule has 0 unspecified atom stereocenters. The van der Waals surface area contributed by atoms with Gasteiger partial charge in [0.1, 0.15) is 0 Å². The Kier molecular flexibility index (Phi) is 2.85. The Hall–Kier alpha value is -1.91. The van der Waals surface area contributed by atoms with Crippen molar-refractivity contribution in [3.63, 3.8) is 0 Å². The minimum atomic E-state index is -0.921. The Labute approximate surface area is 92.4 Å². The largest absolute Gasteiger partial charge is 0.481 e. The maximum atomic E-state index is 12.0. The molecule has 0 aliphatic heterocycles. The summed E-state index contributed by atoms with van der Waals surface area (Å²) in [6.07, 6.45) is 7.59. The summed E-state index contributed by atoms with van der Waals surface area (Å²) in [7, 11) is 0. The minimum absolute atomic E-state index is 0.248. The van der Waals surface area contributed by atoms with E-state index < -0.39 is 17.8 Å². The number of carboxylic acids is 1. The second-order valence-corrected chi connectivity index (χ2v) is 3.78. The van der Waals surface area contributed by atoms with E-state index in [0.717, 1.165) is 0 Å². The fourth-order valence-electron chi connectivity index (χ4n) is 1.93. The zero-order valence-corrected chi connectivity index (χ0v) is 8.61. The summed E-state index contributed by atoms with van der Waals surface area (Å²) < 4.78 is 1.21. The van der Waals surface area contributed by atoms with Gasteiger partial charge in [-0.25, -0.2) is 4.68 Å². The molecule has 0 fully saturated rings. The van der Waals surface area contributed by atoms with Crippen molar-refractivity contribution in [3.8, 4) is 0 Å². The Morgan fingerprint density at radius 3 is 2.50 bits per heavy atom. The Morgan fingerprint density at radius 1 is 1.25 bits per heavy atom. The van der Waals surface area contributed by atoms with Crippen LogP contribution in [0.3, 0.4) is 0 Å². The third-order valence-corrected chi connectivity index (χ3v) is 2.80. The topological polar surface area (TPSA) is 72.2 Å². The van der Waals surface area contributed by atoms with Crippen LogP contribution in [-0.2, 0) is 4.79 Å². The van der Waals surface area contributed by atoms with Crippen molar-refractivity contribution < 1.29 is 14.7 Å². The van der Waals surface area contributed by atoms with E-state index in [9.17, 15) is 9.59 Å². The number of carboxylic acid groups (broad SMARTS) is 1. The zero-order valence-electron chi connectivity index (χ0n) is 8.61. The highest BCUT2D eigenvalue weighted by molar-refractivity contribution is 5.86. The molecule has 5 heteroatoms. The summed E-state index contributed by atoms with van der Waals surface area (Å²) in [6.45, 7) is 0. The Balaban J connectivity index is 2.22. The van der Waals surface area contributed by atoms with Gasteiger partial charge < -0.3 is 5.11 Å². The molecule has 1 aliphatic rings. The van der Waals surface area contributed by atoms with Gasteiger partial charge >= 0.3 is 5.97 Å². The van der Waals surface area contributed by atoms with E-state index in [1.165, 1.54) is 10.9 Å². The molecule has 1 heterocycles. The normalized spacial score (nSPS) is 24.2. The summed E-state index contributed by atoms with van der Waals surface area (Å²) in [5.41, 5.74) is 0. The monoisotopic (exact) mass is 220 g/mol. The first kappa shape index (κ1) is 10.6. The quantitative estimate of drug-likeness (QED) is 0.760. The Morgan fingerprint density at radius 2 is 1.94 bits per heavy atom. The van der Waals surface area contributed by atoms with E-state index in [1.807, 2.05) is 12.2 Å². The number of carbonyl (C=O) groups excluding carboxylic acids is 1. The smallest absolute Gasteiger partial charge is 0.307 e. The minimum Gasteiger partial charge on any atom is -0.481 e. The lowest BCUT2D eigenvalue weighted by molar-refractivity contribution is -0.143. The van der Waals surface area contributed by atoms with Crippen LogP contribution >= 0.6 is 0 Å². The van der Waals surface area contributed by atoms with E-state index in [4.69, 9.17) is 5.11 Å². The molecule has 1 aliphatic carbocycles. The highest BCUT2D eigenvalue weighted by atomic mass is 16.4. The Bertz CT molecular complexity index is 422. The number of nitrogens with zero attached hydrogens (tertiary/aromatic N) is 2. The lowest BCUT2D eigenvalue weighted by atomic mass is 9.82. The summed E-state index contributed by atoms with van der Waals surface area (Å²) in [6, 6.07) is 1.65. The van der Waals surface area contributed by atoms with Gasteiger partial charge in [0, 0.05) is 12.4 Å². The van der Waals surface area contributed by atoms with Gasteiger partial charge in [0.2, 0.25) is 0 Å². The van der Waals surface area contributed by atoms with Crippen LogP contribution < -0.4 is 0 Å². The van der Waals surface area contributed by atoms with Gasteiger partial charge in [-0.1, -0.05) is 12.2 Å². The first-order chi connectivity index (χ1) is 7.70. The maximum Gasteiger partial charge on any atom is 0.307 e. The number of aliphatic carboxylic acids is 1. The standard InChI is InChI=1S/C11H12N2O3/c14-10(13-7-3-6-12-13)8-4-1-2-5-9(8)11(15)16/h1-3,6-9H,4-5H2,(H,15,16)/t8-,9-/m1/s1. The first-order valence-corrected chi connectivity index (χ1v) is 5.12. The van der Waals surface area contributed by atoms with E-state index in [1.54, 1.807) is 12.3 Å². The second-order valence-electron chi connectivity index (χ2n) is 3.78. The van der Waals surface area contributed by atoms with Gasteiger partial charge in [0.05, 0.1) is 11.8 Å². The third kappa shape index (κ3) is 1.88. The fraction of sp³-hybridized carbons (Fsp3) is 0.364. The number of hydrogen-bond donors (Lipinski definition) is 1. The average Bonchev–Trinajstić information content (AvgIpc) is 2.81. The van der Waals surface area contributed by atoms with E-state index in [2.05, 4.69) is 5.10 Å². The molecule has 0 aromatic carbocycles. The van der Waals surface area contributed by atoms with E-state index in [0.29, 0.717) is 12.8 Å². The molecule has 2 atom stereocenters. The lowest BCUT2D eigenvalue weighted by Gasteiger charge is -2.23. The number of allylic oxidation sites excluding steroid dienone is 2. The maximum absolute atomic E-state index is 12.0.